The number of rotatable bonds is 5. The van der Waals surface area contributed by atoms with Gasteiger partial charge in [0.25, 0.3) is 5.91 Å². The van der Waals surface area contributed by atoms with Crippen LogP contribution in [0.1, 0.15) is 41.0 Å². The fraction of sp³-hybridized carbons (Fsp3) is 0.500. The van der Waals surface area contributed by atoms with Crippen LogP contribution in [0.2, 0.25) is 0 Å². The van der Waals surface area contributed by atoms with Crippen LogP contribution in [0.25, 0.3) is 5.69 Å². The minimum atomic E-state index is -0.425. The zero-order chi connectivity index (χ0) is 18.7. The SMILES string of the molecule is CNCCC1CCN(C(=O)c2ccc(-n3nc(C)cc3C)c(F)c2)CC1. The third-order valence-corrected chi connectivity index (χ3v) is 5.14. The lowest BCUT2D eigenvalue weighted by atomic mass is 9.93. The number of aromatic nitrogens is 2. The number of hydrogen-bond donors (Lipinski definition) is 1. The van der Waals surface area contributed by atoms with E-state index < -0.39 is 5.82 Å². The Morgan fingerprint density at radius 3 is 2.58 bits per heavy atom. The van der Waals surface area contributed by atoms with Crippen molar-refractivity contribution in [2.24, 2.45) is 5.92 Å². The molecule has 0 radical (unpaired) electrons. The van der Waals surface area contributed by atoms with Crippen molar-refractivity contribution in [2.45, 2.75) is 33.1 Å². The lowest BCUT2D eigenvalue weighted by molar-refractivity contribution is 0.0686. The first-order valence-corrected chi connectivity index (χ1v) is 9.26. The van der Waals surface area contributed by atoms with E-state index >= 15 is 0 Å². The number of amides is 1. The number of aryl methyl sites for hydroxylation is 2. The first-order valence-electron chi connectivity index (χ1n) is 9.26. The van der Waals surface area contributed by atoms with Gasteiger partial charge >= 0.3 is 0 Å². The monoisotopic (exact) mass is 358 g/mol. The van der Waals surface area contributed by atoms with Crippen molar-refractivity contribution in [3.63, 3.8) is 0 Å². The van der Waals surface area contributed by atoms with Crippen LogP contribution < -0.4 is 5.32 Å². The number of benzene rings is 1. The summed E-state index contributed by atoms with van der Waals surface area (Å²) < 4.78 is 16.2. The largest absolute Gasteiger partial charge is 0.339 e. The molecule has 2 heterocycles. The maximum Gasteiger partial charge on any atom is 0.253 e. The van der Waals surface area contributed by atoms with E-state index in [0.29, 0.717) is 17.2 Å². The second-order valence-corrected chi connectivity index (χ2v) is 7.13. The first kappa shape index (κ1) is 18.6. The van der Waals surface area contributed by atoms with Gasteiger partial charge in [0.1, 0.15) is 11.5 Å². The lowest BCUT2D eigenvalue weighted by Gasteiger charge is -2.32. The van der Waals surface area contributed by atoms with Gasteiger partial charge in [-0.25, -0.2) is 9.07 Å². The number of nitrogens with one attached hydrogen (secondary N) is 1. The highest BCUT2D eigenvalue weighted by Crippen LogP contribution is 2.23. The molecule has 1 N–H and O–H groups in total. The Bertz CT molecular complexity index is 778. The maximum absolute atomic E-state index is 14.6. The summed E-state index contributed by atoms with van der Waals surface area (Å²) in [5.74, 6) is 0.151. The topological polar surface area (TPSA) is 50.2 Å². The molecule has 26 heavy (non-hydrogen) atoms. The second-order valence-electron chi connectivity index (χ2n) is 7.13. The number of hydrogen-bond acceptors (Lipinski definition) is 3. The van der Waals surface area contributed by atoms with Crippen LogP contribution in [0.4, 0.5) is 4.39 Å². The van der Waals surface area contributed by atoms with Crippen LogP contribution >= 0.6 is 0 Å². The average molecular weight is 358 g/mol. The van der Waals surface area contributed by atoms with Crippen LogP contribution in [0.5, 0.6) is 0 Å². The highest BCUT2D eigenvalue weighted by Gasteiger charge is 2.24. The zero-order valence-electron chi connectivity index (χ0n) is 15.8. The van der Waals surface area contributed by atoms with Gasteiger partial charge in [-0.2, -0.15) is 5.10 Å². The van der Waals surface area contributed by atoms with Crippen molar-refractivity contribution in [1.82, 2.24) is 20.0 Å². The first-order chi connectivity index (χ1) is 12.5. The van der Waals surface area contributed by atoms with Gasteiger partial charge in [-0.3, -0.25) is 4.79 Å². The Balaban J connectivity index is 1.69. The molecule has 6 heteroatoms. The van der Waals surface area contributed by atoms with Crippen LogP contribution in [0.15, 0.2) is 24.3 Å². The molecule has 3 rings (SSSR count). The third-order valence-electron chi connectivity index (χ3n) is 5.14. The van der Waals surface area contributed by atoms with Crippen LogP contribution in [-0.2, 0) is 0 Å². The molecular formula is C20H27FN4O. The van der Waals surface area contributed by atoms with Crippen LogP contribution in [0, 0.1) is 25.6 Å². The van der Waals surface area contributed by atoms with E-state index in [-0.39, 0.29) is 5.91 Å². The summed E-state index contributed by atoms with van der Waals surface area (Å²) in [6.45, 7) is 6.26. The normalized spacial score (nSPS) is 15.5. The molecule has 1 amide bonds. The highest BCUT2D eigenvalue weighted by molar-refractivity contribution is 5.94. The van der Waals surface area contributed by atoms with Gasteiger partial charge in [-0.1, -0.05) is 0 Å². The Morgan fingerprint density at radius 1 is 1.27 bits per heavy atom. The Hall–Kier alpha value is -2.21. The molecule has 1 fully saturated rings. The van der Waals surface area contributed by atoms with Gasteiger partial charge < -0.3 is 10.2 Å². The molecule has 1 aliphatic heterocycles. The van der Waals surface area contributed by atoms with Crippen molar-refractivity contribution in [2.75, 3.05) is 26.7 Å². The number of likely N-dealkylation sites (tertiary alicyclic amines) is 1. The van der Waals surface area contributed by atoms with Crippen LogP contribution in [0.3, 0.4) is 0 Å². The van der Waals surface area contributed by atoms with Crippen molar-refractivity contribution >= 4 is 5.91 Å². The molecule has 0 atom stereocenters. The molecule has 140 valence electrons. The summed E-state index contributed by atoms with van der Waals surface area (Å²) in [6, 6.07) is 6.57. The molecule has 0 spiro atoms. The molecule has 1 saturated heterocycles. The zero-order valence-corrected chi connectivity index (χ0v) is 15.8. The average Bonchev–Trinajstić information content (AvgIpc) is 2.97. The Morgan fingerprint density at radius 2 is 2.00 bits per heavy atom. The van der Waals surface area contributed by atoms with Gasteiger partial charge in [0.05, 0.1) is 5.69 Å². The molecule has 1 aromatic carbocycles. The fourth-order valence-electron chi connectivity index (χ4n) is 3.64. The molecule has 1 aromatic heterocycles. The maximum atomic E-state index is 14.6. The number of piperidine rings is 1. The quantitative estimate of drug-likeness (QED) is 0.894. The summed E-state index contributed by atoms with van der Waals surface area (Å²) in [5.41, 5.74) is 2.48. The summed E-state index contributed by atoms with van der Waals surface area (Å²) >= 11 is 0. The number of nitrogens with zero attached hydrogens (tertiary/aromatic N) is 3. The van der Waals surface area contributed by atoms with Gasteiger partial charge in [0, 0.05) is 24.3 Å². The minimum absolute atomic E-state index is 0.0871. The third kappa shape index (κ3) is 3.96. The fourth-order valence-corrected chi connectivity index (χ4v) is 3.64. The Kier molecular flexibility index (Phi) is 5.71. The van der Waals surface area contributed by atoms with Crippen LogP contribution in [-0.4, -0.2) is 47.3 Å². The van der Waals surface area contributed by atoms with Gasteiger partial charge in [0.2, 0.25) is 0 Å². The van der Waals surface area contributed by atoms with Crippen molar-refractivity contribution in [1.29, 1.82) is 0 Å². The summed E-state index contributed by atoms with van der Waals surface area (Å²) in [4.78, 5) is 14.6. The number of carbonyl (C=O) groups is 1. The molecule has 0 unspecified atom stereocenters. The predicted octanol–water partition coefficient (Wildman–Crippen LogP) is 3.09. The molecule has 1 aliphatic rings. The van der Waals surface area contributed by atoms with E-state index in [2.05, 4.69) is 10.4 Å². The minimum Gasteiger partial charge on any atom is -0.339 e. The molecule has 0 bridgehead atoms. The molecule has 0 aliphatic carbocycles. The summed E-state index contributed by atoms with van der Waals surface area (Å²) in [6.07, 6.45) is 3.17. The van der Waals surface area contributed by atoms with E-state index in [1.165, 1.54) is 6.07 Å². The molecular weight excluding hydrogens is 331 g/mol. The van der Waals surface area contributed by atoms with Gasteiger partial charge in [-0.05, 0) is 76.9 Å². The smallest absolute Gasteiger partial charge is 0.253 e. The summed E-state index contributed by atoms with van der Waals surface area (Å²) in [7, 11) is 1.96. The van der Waals surface area contributed by atoms with E-state index in [1.54, 1.807) is 16.8 Å². The lowest BCUT2D eigenvalue weighted by Crippen LogP contribution is -2.39. The number of carbonyl (C=O) groups excluding carboxylic acids is 1. The molecule has 0 saturated carbocycles. The van der Waals surface area contributed by atoms with E-state index in [9.17, 15) is 9.18 Å². The van der Waals surface area contributed by atoms with E-state index in [4.69, 9.17) is 0 Å². The van der Waals surface area contributed by atoms with E-state index in [1.807, 2.05) is 31.9 Å². The predicted molar refractivity (Wildman–Crippen MR) is 100 cm³/mol. The summed E-state index contributed by atoms with van der Waals surface area (Å²) in [5, 5.41) is 7.49. The number of halogens is 1. The Labute approximate surface area is 154 Å². The highest BCUT2D eigenvalue weighted by atomic mass is 19.1. The molecule has 2 aromatic rings. The van der Waals surface area contributed by atoms with Crippen molar-refractivity contribution in [3.8, 4) is 5.69 Å². The molecule has 5 nitrogen and oxygen atoms in total. The van der Waals surface area contributed by atoms with Gasteiger partial charge in [0.15, 0.2) is 0 Å². The van der Waals surface area contributed by atoms with Gasteiger partial charge in [-0.15, -0.1) is 0 Å². The second kappa shape index (κ2) is 7.99. The van der Waals surface area contributed by atoms with Crippen molar-refractivity contribution < 1.29 is 9.18 Å². The standard InChI is InChI=1S/C20H27FN4O/c1-14-12-15(2)25(23-14)19-5-4-17(13-18(19)21)20(26)24-10-7-16(8-11-24)6-9-22-3/h4-5,12-13,16,22H,6-11H2,1-3H3. The van der Waals surface area contributed by atoms with Crippen molar-refractivity contribution in [3.05, 3.63) is 47.0 Å². The van der Waals surface area contributed by atoms with E-state index in [0.717, 1.165) is 50.3 Å².